The first-order valence-corrected chi connectivity index (χ1v) is 12.2. The van der Waals surface area contributed by atoms with Crippen molar-refractivity contribution < 1.29 is 9.59 Å². The Morgan fingerprint density at radius 2 is 1.73 bits per heavy atom. The lowest BCUT2D eigenvalue weighted by atomic mass is 9.62. The van der Waals surface area contributed by atoms with Crippen molar-refractivity contribution in [2.45, 2.75) is 59.2 Å². The molecular formula is C28H37N3O2. The highest BCUT2D eigenvalue weighted by atomic mass is 16.2. The van der Waals surface area contributed by atoms with E-state index in [1.165, 1.54) is 16.7 Å². The lowest BCUT2D eigenvalue weighted by Crippen LogP contribution is -2.53. The van der Waals surface area contributed by atoms with Crippen molar-refractivity contribution >= 4 is 11.8 Å². The first-order valence-electron chi connectivity index (χ1n) is 12.2. The Morgan fingerprint density at radius 3 is 2.42 bits per heavy atom. The first-order chi connectivity index (χ1) is 15.8. The third kappa shape index (κ3) is 4.84. The fourth-order valence-electron chi connectivity index (χ4n) is 5.66. The van der Waals surface area contributed by atoms with Gasteiger partial charge in [0.1, 0.15) is 0 Å². The van der Waals surface area contributed by atoms with E-state index in [2.05, 4.69) is 58.0 Å². The van der Waals surface area contributed by atoms with Gasteiger partial charge in [0, 0.05) is 37.0 Å². The van der Waals surface area contributed by atoms with E-state index in [0.717, 1.165) is 25.9 Å². The van der Waals surface area contributed by atoms with E-state index >= 15 is 0 Å². The third-order valence-electron chi connectivity index (χ3n) is 7.26. The van der Waals surface area contributed by atoms with E-state index < -0.39 is 0 Å². The van der Waals surface area contributed by atoms with Gasteiger partial charge in [0.15, 0.2) is 0 Å². The zero-order chi connectivity index (χ0) is 23.6. The summed E-state index contributed by atoms with van der Waals surface area (Å²) in [6, 6.07) is 18.8. The summed E-state index contributed by atoms with van der Waals surface area (Å²) in [6.45, 7) is 10.2. The zero-order valence-corrected chi connectivity index (χ0v) is 20.3. The van der Waals surface area contributed by atoms with Gasteiger partial charge in [-0.2, -0.15) is 0 Å². The molecule has 4 rings (SSSR count). The van der Waals surface area contributed by atoms with Crippen LogP contribution in [0.4, 0.5) is 0 Å². The number of hydrogen-bond donors (Lipinski definition) is 2. The highest BCUT2D eigenvalue weighted by Crippen LogP contribution is 2.53. The molecule has 2 amide bonds. The summed E-state index contributed by atoms with van der Waals surface area (Å²) in [5.41, 5.74) is 3.35. The van der Waals surface area contributed by atoms with Gasteiger partial charge in [-0.05, 0) is 43.4 Å². The quantitative estimate of drug-likeness (QED) is 0.701. The largest absolute Gasteiger partial charge is 0.354 e. The molecule has 1 aliphatic heterocycles. The molecule has 0 aromatic heterocycles. The van der Waals surface area contributed by atoms with Crippen LogP contribution < -0.4 is 10.6 Å². The predicted octanol–water partition coefficient (Wildman–Crippen LogP) is 4.09. The molecule has 2 aliphatic rings. The zero-order valence-electron chi connectivity index (χ0n) is 20.3. The fourth-order valence-corrected chi connectivity index (χ4v) is 5.66. The molecule has 5 nitrogen and oxygen atoms in total. The van der Waals surface area contributed by atoms with Crippen LogP contribution in [0.5, 0.6) is 0 Å². The maximum absolute atomic E-state index is 13.6. The van der Waals surface area contributed by atoms with Crippen molar-refractivity contribution in [1.29, 1.82) is 0 Å². The number of benzene rings is 2. The summed E-state index contributed by atoms with van der Waals surface area (Å²) in [5.74, 6) is -0.153. The van der Waals surface area contributed by atoms with Crippen molar-refractivity contribution in [3.05, 3.63) is 71.3 Å². The van der Waals surface area contributed by atoms with Gasteiger partial charge in [-0.25, -0.2) is 0 Å². The van der Waals surface area contributed by atoms with Gasteiger partial charge in [-0.3, -0.25) is 14.5 Å². The number of nitrogens with one attached hydrogen (secondary N) is 2. The third-order valence-corrected chi connectivity index (χ3v) is 7.26. The smallest absolute Gasteiger partial charge is 0.225 e. The summed E-state index contributed by atoms with van der Waals surface area (Å²) in [4.78, 5) is 28.9. The normalized spacial score (nSPS) is 24.8. The second-order valence-electron chi connectivity index (χ2n) is 10.4. The number of amides is 2. The average molecular weight is 448 g/mol. The van der Waals surface area contributed by atoms with Crippen LogP contribution in [-0.2, 0) is 22.6 Å². The number of carbonyl (C=O) groups is 2. The molecule has 176 valence electrons. The predicted molar refractivity (Wildman–Crippen MR) is 131 cm³/mol. The van der Waals surface area contributed by atoms with Crippen molar-refractivity contribution in [2.24, 2.45) is 17.3 Å². The van der Waals surface area contributed by atoms with Crippen LogP contribution in [0.1, 0.15) is 56.8 Å². The highest BCUT2D eigenvalue weighted by Gasteiger charge is 2.56. The molecule has 2 aromatic carbocycles. The van der Waals surface area contributed by atoms with Crippen molar-refractivity contribution in [3.8, 4) is 0 Å². The van der Waals surface area contributed by atoms with Crippen LogP contribution >= 0.6 is 0 Å². The topological polar surface area (TPSA) is 61.4 Å². The summed E-state index contributed by atoms with van der Waals surface area (Å²) in [7, 11) is 0. The van der Waals surface area contributed by atoms with E-state index in [0.29, 0.717) is 6.54 Å². The van der Waals surface area contributed by atoms with Crippen LogP contribution in [0.2, 0.25) is 0 Å². The maximum atomic E-state index is 13.6. The maximum Gasteiger partial charge on any atom is 0.225 e. The van der Waals surface area contributed by atoms with Gasteiger partial charge in [-0.1, -0.05) is 68.4 Å². The first kappa shape index (κ1) is 23.5. The van der Waals surface area contributed by atoms with Gasteiger partial charge in [0.25, 0.3) is 0 Å². The molecule has 2 N–H and O–H groups in total. The second-order valence-corrected chi connectivity index (χ2v) is 10.4. The molecule has 1 heterocycles. The van der Waals surface area contributed by atoms with Crippen LogP contribution in [-0.4, -0.2) is 35.8 Å². The minimum absolute atomic E-state index is 0.0422. The molecule has 0 bridgehead atoms. The molecule has 1 saturated heterocycles. The van der Waals surface area contributed by atoms with Crippen molar-refractivity contribution in [1.82, 2.24) is 15.5 Å². The standard InChI is InChI=1S/C28H37N3O2/c1-19(2)26(32)30-25-23-13-9-8-12-22(23)14-15-28(25)18-31(16-21-10-6-5-7-11-21)17-24(28)27(33)29-20(3)4/h5-13,19-20,24-25H,14-18H2,1-4H3,(H,29,33)(H,30,32)/t24-,25-,28-/m0/s1. The van der Waals surface area contributed by atoms with E-state index in [1.54, 1.807) is 0 Å². The molecular weight excluding hydrogens is 410 g/mol. The van der Waals surface area contributed by atoms with E-state index in [4.69, 9.17) is 0 Å². The Kier molecular flexibility index (Phi) is 6.89. The summed E-state index contributed by atoms with van der Waals surface area (Å²) >= 11 is 0. The van der Waals surface area contributed by atoms with Crippen LogP contribution in [0, 0.1) is 17.3 Å². The summed E-state index contributed by atoms with van der Waals surface area (Å²) in [5, 5.41) is 6.57. The van der Waals surface area contributed by atoms with Crippen LogP contribution in [0.25, 0.3) is 0 Å². The van der Waals surface area contributed by atoms with Gasteiger partial charge in [0.2, 0.25) is 11.8 Å². The Hall–Kier alpha value is -2.66. The van der Waals surface area contributed by atoms with Crippen molar-refractivity contribution in [3.63, 3.8) is 0 Å². The molecule has 1 spiro atoms. The number of rotatable bonds is 6. The van der Waals surface area contributed by atoms with Gasteiger partial charge < -0.3 is 10.6 Å². The Labute approximate surface area is 197 Å². The van der Waals surface area contributed by atoms with Gasteiger partial charge >= 0.3 is 0 Å². The monoisotopic (exact) mass is 447 g/mol. The molecule has 1 fully saturated rings. The number of hydrogen-bond acceptors (Lipinski definition) is 3. The molecule has 33 heavy (non-hydrogen) atoms. The number of nitrogens with zero attached hydrogens (tertiary/aromatic N) is 1. The fraction of sp³-hybridized carbons (Fsp3) is 0.500. The Morgan fingerprint density at radius 1 is 1.03 bits per heavy atom. The minimum atomic E-state index is -0.341. The lowest BCUT2D eigenvalue weighted by Gasteiger charge is -2.46. The number of fused-ring (bicyclic) bond motifs is 1. The lowest BCUT2D eigenvalue weighted by molar-refractivity contribution is -0.132. The molecule has 0 radical (unpaired) electrons. The molecule has 1 aliphatic carbocycles. The highest BCUT2D eigenvalue weighted by molar-refractivity contribution is 5.82. The molecule has 5 heteroatoms. The molecule has 0 unspecified atom stereocenters. The van der Waals surface area contributed by atoms with Gasteiger partial charge in [-0.15, -0.1) is 0 Å². The SMILES string of the molecule is CC(C)NC(=O)[C@@H]1CN(Cc2ccccc2)C[C@@]12CCc1ccccc1[C@@H]2NC(=O)C(C)C. The Bertz CT molecular complexity index is 988. The average Bonchev–Trinajstić information content (AvgIpc) is 3.14. The number of aryl methyl sites for hydroxylation is 1. The van der Waals surface area contributed by atoms with E-state index in [9.17, 15) is 9.59 Å². The minimum Gasteiger partial charge on any atom is -0.354 e. The van der Waals surface area contributed by atoms with E-state index in [1.807, 2.05) is 39.8 Å². The number of carbonyl (C=O) groups excluding carboxylic acids is 2. The van der Waals surface area contributed by atoms with Crippen LogP contribution in [0.15, 0.2) is 54.6 Å². The van der Waals surface area contributed by atoms with Crippen molar-refractivity contribution in [2.75, 3.05) is 13.1 Å². The molecule has 2 aromatic rings. The molecule has 0 saturated carbocycles. The molecule has 3 atom stereocenters. The second kappa shape index (κ2) is 9.68. The summed E-state index contributed by atoms with van der Waals surface area (Å²) < 4.78 is 0. The van der Waals surface area contributed by atoms with E-state index in [-0.39, 0.29) is 41.1 Å². The van der Waals surface area contributed by atoms with Crippen LogP contribution in [0.3, 0.4) is 0 Å². The Balaban J connectivity index is 1.74. The van der Waals surface area contributed by atoms with Gasteiger partial charge in [0.05, 0.1) is 12.0 Å². The number of likely N-dealkylation sites (tertiary alicyclic amines) is 1. The summed E-state index contributed by atoms with van der Waals surface area (Å²) in [6.07, 6.45) is 1.81.